The van der Waals surface area contributed by atoms with Gasteiger partial charge in [0, 0.05) is 11.3 Å². The summed E-state index contributed by atoms with van der Waals surface area (Å²) >= 11 is 0. The van der Waals surface area contributed by atoms with Crippen LogP contribution in [0.25, 0.3) is 0 Å². The molecule has 2 rings (SSSR count). The van der Waals surface area contributed by atoms with Crippen molar-refractivity contribution in [2.24, 2.45) is 5.16 Å². The zero-order valence-electron chi connectivity index (χ0n) is 15.4. The maximum atomic E-state index is 12.1. The molecule has 27 heavy (non-hydrogen) atoms. The van der Waals surface area contributed by atoms with Gasteiger partial charge in [0.15, 0.2) is 11.5 Å². The third-order valence-electron chi connectivity index (χ3n) is 3.54. The molecule has 7 heteroatoms. The minimum atomic E-state index is -0.809. The van der Waals surface area contributed by atoms with Gasteiger partial charge < -0.3 is 19.6 Å². The maximum Gasteiger partial charge on any atom is 0.267 e. The fraction of sp³-hybridized carbons (Fsp3) is 0.250. The van der Waals surface area contributed by atoms with Crippen molar-refractivity contribution in [3.63, 3.8) is 0 Å². The Hall–Kier alpha value is -3.53. The zero-order chi connectivity index (χ0) is 19.6. The molecule has 0 aliphatic heterocycles. The third kappa shape index (κ3) is 5.75. The second kappa shape index (κ2) is 9.82. The number of hydrogen-bond acceptors (Lipinski definition) is 6. The average molecular weight is 367 g/mol. The Labute approximate surface area is 158 Å². The number of nitrogens with one attached hydrogen (secondary N) is 1. The minimum Gasteiger partial charge on any atom is -0.493 e. The van der Waals surface area contributed by atoms with Crippen molar-refractivity contribution < 1.29 is 19.1 Å². The SMILES string of the molecule is CCOc1ccc(/C=N/OC(C)C(=O)Nc2cccc(C#N)c2)cc1OC. The van der Waals surface area contributed by atoms with Gasteiger partial charge in [0.1, 0.15) is 0 Å². The quantitative estimate of drug-likeness (QED) is 0.570. The highest BCUT2D eigenvalue weighted by Gasteiger charge is 2.14. The van der Waals surface area contributed by atoms with Crippen LogP contribution in [0.4, 0.5) is 5.69 Å². The summed E-state index contributed by atoms with van der Waals surface area (Å²) in [5, 5.41) is 15.4. The zero-order valence-corrected chi connectivity index (χ0v) is 15.4. The van der Waals surface area contributed by atoms with Gasteiger partial charge in [-0.25, -0.2) is 0 Å². The Kier molecular flexibility index (Phi) is 7.20. The predicted molar refractivity (Wildman–Crippen MR) is 102 cm³/mol. The number of nitrogens with zero attached hydrogens (tertiary/aromatic N) is 2. The van der Waals surface area contributed by atoms with Gasteiger partial charge in [-0.3, -0.25) is 4.79 Å². The average Bonchev–Trinajstić information content (AvgIpc) is 2.69. The molecule has 0 aromatic heterocycles. The van der Waals surface area contributed by atoms with E-state index in [1.165, 1.54) is 6.21 Å². The molecule has 2 aromatic carbocycles. The van der Waals surface area contributed by atoms with Crippen LogP contribution >= 0.6 is 0 Å². The Balaban J connectivity index is 1.94. The number of rotatable bonds is 8. The lowest BCUT2D eigenvalue weighted by Gasteiger charge is -2.11. The van der Waals surface area contributed by atoms with Crippen LogP contribution in [-0.4, -0.2) is 31.9 Å². The smallest absolute Gasteiger partial charge is 0.267 e. The van der Waals surface area contributed by atoms with Crippen LogP contribution in [0.5, 0.6) is 11.5 Å². The second-order valence-corrected chi connectivity index (χ2v) is 5.51. The Morgan fingerprint density at radius 1 is 1.30 bits per heavy atom. The standard InChI is InChI=1S/C20H21N3O4/c1-4-26-18-9-8-16(11-19(18)25-3)13-22-27-14(2)20(24)23-17-7-5-6-15(10-17)12-21/h5-11,13-14H,4H2,1-3H3,(H,23,24)/b22-13+. The van der Waals surface area contributed by atoms with E-state index in [9.17, 15) is 4.79 Å². The molecule has 1 atom stereocenters. The fourth-order valence-corrected chi connectivity index (χ4v) is 2.18. The van der Waals surface area contributed by atoms with Crippen LogP contribution < -0.4 is 14.8 Å². The van der Waals surface area contributed by atoms with Crippen molar-refractivity contribution in [3.05, 3.63) is 53.6 Å². The van der Waals surface area contributed by atoms with Crippen molar-refractivity contribution in [3.8, 4) is 17.6 Å². The monoisotopic (exact) mass is 367 g/mol. The number of hydrogen-bond donors (Lipinski definition) is 1. The Morgan fingerprint density at radius 3 is 2.81 bits per heavy atom. The molecule has 0 saturated carbocycles. The van der Waals surface area contributed by atoms with Crippen molar-refractivity contribution in [2.45, 2.75) is 20.0 Å². The molecule has 7 nitrogen and oxygen atoms in total. The summed E-state index contributed by atoms with van der Waals surface area (Å²) in [6, 6.07) is 14.0. The largest absolute Gasteiger partial charge is 0.493 e. The molecule has 0 fully saturated rings. The molecule has 1 unspecified atom stereocenters. The van der Waals surface area contributed by atoms with E-state index in [0.717, 1.165) is 5.56 Å². The number of anilines is 1. The fourth-order valence-electron chi connectivity index (χ4n) is 2.18. The van der Waals surface area contributed by atoms with E-state index in [0.29, 0.717) is 29.4 Å². The molecule has 1 N–H and O–H groups in total. The molecule has 1 amide bonds. The van der Waals surface area contributed by atoms with Crippen molar-refractivity contribution in [1.29, 1.82) is 5.26 Å². The second-order valence-electron chi connectivity index (χ2n) is 5.51. The normalized spacial score (nSPS) is 11.5. The first-order chi connectivity index (χ1) is 13.1. The van der Waals surface area contributed by atoms with Crippen LogP contribution in [0.3, 0.4) is 0 Å². The highest BCUT2D eigenvalue weighted by Crippen LogP contribution is 2.27. The molecule has 2 aromatic rings. The maximum absolute atomic E-state index is 12.1. The number of carbonyl (C=O) groups is 1. The van der Waals surface area contributed by atoms with Gasteiger partial charge in [-0.2, -0.15) is 5.26 Å². The Morgan fingerprint density at radius 2 is 2.11 bits per heavy atom. The lowest BCUT2D eigenvalue weighted by atomic mass is 10.2. The number of carbonyl (C=O) groups excluding carboxylic acids is 1. The summed E-state index contributed by atoms with van der Waals surface area (Å²) in [7, 11) is 1.56. The molecule has 0 saturated heterocycles. The summed E-state index contributed by atoms with van der Waals surface area (Å²) in [4.78, 5) is 17.4. The van der Waals surface area contributed by atoms with E-state index in [4.69, 9.17) is 19.6 Å². The summed E-state index contributed by atoms with van der Waals surface area (Å²) in [6.45, 7) is 4.02. The lowest BCUT2D eigenvalue weighted by molar-refractivity contribution is -0.126. The van der Waals surface area contributed by atoms with Gasteiger partial charge in [0.25, 0.3) is 5.91 Å². The number of amides is 1. The van der Waals surface area contributed by atoms with Crippen LogP contribution in [0.1, 0.15) is 25.0 Å². The summed E-state index contributed by atoms with van der Waals surface area (Å²) < 4.78 is 10.7. The first kappa shape index (κ1) is 19.8. The van der Waals surface area contributed by atoms with E-state index in [2.05, 4.69) is 10.5 Å². The third-order valence-corrected chi connectivity index (χ3v) is 3.54. The number of oxime groups is 1. The highest BCUT2D eigenvalue weighted by atomic mass is 16.6. The number of nitriles is 1. The van der Waals surface area contributed by atoms with Crippen molar-refractivity contribution in [2.75, 3.05) is 19.0 Å². The predicted octanol–water partition coefficient (Wildman–Crippen LogP) is 3.34. The van der Waals surface area contributed by atoms with Gasteiger partial charge in [0.05, 0.1) is 31.6 Å². The Bertz CT molecular complexity index is 859. The van der Waals surface area contributed by atoms with Gasteiger partial charge in [-0.1, -0.05) is 11.2 Å². The molecule has 0 radical (unpaired) electrons. The van der Waals surface area contributed by atoms with E-state index in [-0.39, 0.29) is 5.91 Å². The highest BCUT2D eigenvalue weighted by molar-refractivity contribution is 5.94. The summed E-state index contributed by atoms with van der Waals surface area (Å²) in [5.74, 6) is 0.862. The summed E-state index contributed by atoms with van der Waals surface area (Å²) in [5.41, 5.74) is 1.73. The number of benzene rings is 2. The summed E-state index contributed by atoms with van der Waals surface area (Å²) in [6.07, 6.45) is 0.676. The van der Waals surface area contributed by atoms with Crippen LogP contribution in [0, 0.1) is 11.3 Å². The minimum absolute atomic E-state index is 0.369. The van der Waals surface area contributed by atoms with E-state index < -0.39 is 6.10 Å². The lowest BCUT2D eigenvalue weighted by Crippen LogP contribution is -2.26. The first-order valence-electron chi connectivity index (χ1n) is 8.38. The molecule has 0 aliphatic carbocycles. The van der Waals surface area contributed by atoms with Gasteiger partial charge in [0.2, 0.25) is 6.10 Å². The van der Waals surface area contributed by atoms with Crippen molar-refractivity contribution >= 4 is 17.8 Å². The molecule has 0 aliphatic rings. The molecular formula is C20H21N3O4. The molecule has 0 heterocycles. The van der Waals surface area contributed by atoms with Crippen molar-refractivity contribution in [1.82, 2.24) is 0 Å². The topological polar surface area (TPSA) is 92.9 Å². The van der Waals surface area contributed by atoms with E-state index in [1.54, 1.807) is 56.5 Å². The number of methoxy groups -OCH3 is 1. The van der Waals surface area contributed by atoms with E-state index >= 15 is 0 Å². The van der Waals surface area contributed by atoms with Gasteiger partial charge in [-0.05, 0) is 50.2 Å². The van der Waals surface area contributed by atoms with Crippen LogP contribution in [0.2, 0.25) is 0 Å². The van der Waals surface area contributed by atoms with E-state index in [1.807, 2.05) is 13.0 Å². The molecular weight excluding hydrogens is 346 g/mol. The molecule has 0 spiro atoms. The van der Waals surface area contributed by atoms with Gasteiger partial charge in [-0.15, -0.1) is 0 Å². The molecule has 140 valence electrons. The number of ether oxygens (including phenoxy) is 2. The van der Waals surface area contributed by atoms with Crippen LogP contribution in [-0.2, 0) is 9.63 Å². The molecule has 0 bridgehead atoms. The van der Waals surface area contributed by atoms with Gasteiger partial charge >= 0.3 is 0 Å². The van der Waals surface area contributed by atoms with Crippen LogP contribution in [0.15, 0.2) is 47.6 Å². The first-order valence-corrected chi connectivity index (χ1v) is 8.38.